The molecule has 26 heavy (non-hydrogen) atoms. The minimum absolute atomic E-state index is 0.0302. The molecule has 0 bridgehead atoms. The molecule has 1 aromatic carbocycles. The van der Waals surface area contributed by atoms with E-state index in [9.17, 15) is 14.4 Å². The van der Waals surface area contributed by atoms with Gasteiger partial charge in [0.2, 0.25) is 5.91 Å². The summed E-state index contributed by atoms with van der Waals surface area (Å²) in [6.07, 6.45) is 1.58. The third-order valence-electron chi connectivity index (χ3n) is 3.90. The fourth-order valence-corrected chi connectivity index (χ4v) is 3.45. The molecule has 3 rings (SSSR count). The number of hydrogen-bond acceptors (Lipinski definition) is 7. The average Bonchev–Trinajstić information content (AvgIpc) is 3.25. The summed E-state index contributed by atoms with van der Waals surface area (Å²) in [5.41, 5.74) is 1.35. The van der Waals surface area contributed by atoms with Crippen molar-refractivity contribution >= 4 is 34.3 Å². The van der Waals surface area contributed by atoms with Gasteiger partial charge in [-0.2, -0.15) is 0 Å². The Bertz CT molecular complexity index is 815. The Balaban J connectivity index is 1.55. The number of methoxy groups -OCH3 is 1. The van der Waals surface area contributed by atoms with Gasteiger partial charge in [0.05, 0.1) is 25.6 Å². The number of anilines is 1. The Hall–Kier alpha value is -2.74. The minimum atomic E-state index is -0.435. The van der Waals surface area contributed by atoms with E-state index in [-0.39, 0.29) is 24.7 Å². The maximum absolute atomic E-state index is 12.1. The number of esters is 2. The van der Waals surface area contributed by atoms with Crippen molar-refractivity contribution in [3.63, 3.8) is 0 Å². The number of aromatic nitrogens is 1. The molecule has 2 heterocycles. The first-order valence-corrected chi connectivity index (χ1v) is 9.04. The largest absolute Gasteiger partial charge is 0.469 e. The van der Waals surface area contributed by atoms with Gasteiger partial charge in [-0.15, -0.1) is 11.3 Å². The maximum Gasteiger partial charge on any atom is 0.317 e. The number of benzene rings is 1. The number of rotatable bonds is 6. The molecule has 7 nitrogen and oxygen atoms in total. The van der Waals surface area contributed by atoms with Gasteiger partial charge in [0.25, 0.3) is 0 Å². The summed E-state index contributed by atoms with van der Waals surface area (Å²) in [6.45, 7) is 0.675. The van der Waals surface area contributed by atoms with Gasteiger partial charge in [-0.3, -0.25) is 19.3 Å². The molecule has 1 aliphatic heterocycles. The molecular weight excluding hydrogens is 356 g/mol. The fourth-order valence-electron chi connectivity index (χ4n) is 2.58. The Kier molecular flexibility index (Phi) is 5.62. The molecular formula is C18H18N2O5S. The van der Waals surface area contributed by atoms with E-state index >= 15 is 0 Å². The van der Waals surface area contributed by atoms with E-state index in [2.05, 4.69) is 9.72 Å². The molecule has 2 aromatic rings. The van der Waals surface area contributed by atoms with Gasteiger partial charge in [-0.1, -0.05) is 12.1 Å². The molecule has 1 aliphatic rings. The Labute approximate surface area is 154 Å². The first-order chi connectivity index (χ1) is 12.5. The van der Waals surface area contributed by atoms with Crippen molar-refractivity contribution in [2.24, 2.45) is 0 Å². The van der Waals surface area contributed by atoms with E-state index in [0.717, 1.165) is 12.0 Å². The Morgan fingerprint density at radius 2 is 1.96 bits per heavy atom. The summed E-state index contributed by atoms with van der Waals surface area (Å²) in [5.74, 6) is -0.296. The van der Waals surface area contributed by atoms with Crippen molar-refractivity contribution in [3.05, 3.63) is 40.9 Å². The first-order valence-electron chi connectivity index (χ1n) is 8.16. The maximum atomic E-state index is 12.1. The SMILES string of the molecule is COC(=O)Cc1ccc(OC(=O)Cc2csc(N3CCCC3=O)n2)cc1. The molecule has 0 aliphatic carbocycles. The molecule has 1 amide bonds. The van der Waals surface area contributed by atoms with Gasteiger partial charge in [0.1, 0.15) is 5.75 Å². The smallest absolute Gasteiger partial charge is 0.317 e. The topological polar surface area (TPSA) is 85.8 Å². The third kappa shape index (κ3) is 4.45. The van der Waals surface area contributed by atoms with E-state index in [0.29, 0.717) is 29.5 Å². The molecule has 0 N–H and O–H groups in total. The molecule has 0 radical (unpaired) electrons. The number of nitrogens with zero attached hydrogens (tertiary/aromatic N) is 2. The fraction of sp³-hybridized carbons (Fsp3) is 0.333. The summed E-state index contributed by atoms with van der Waals surface area (Å²) in [5, 5.41) is 2.39. The van der Waals surface area contributed by atoms with Crippen molar-refractivity contribution in [2.45, 2.75) is 25.7 Å². The standard InChI is InChI=1S/C18H18N2O5S/c1-24-16(22)9-12-4-6-14(7-5-12)25-17(23)10-13-11-26-18(19-13)20-8-2-3-15(20)21/h4-7,11H,2-3,8-10H2,1H3. The van der Waals surface area contributed by atoms with Crippen molar-refractivity contribution in [1.29, 1.82) is 0 Å². The molecule has 0 saturated carbocycles. The average molecular weight is 374 g/mol. The van der Waals surface area contributed by atoms with E-state index in [1.54, 1.807) is 34.5 Å². The number of thiazole rings is 1. The summed E-state index contributed by atoms with van der Waals surface area (Å²) in [6, 6.07) is 6.68. The molecule has 0 atom stereocenters. The van der Waals surface area contributed by atoms with Gasteiger partial charge in [-0.05, 0) is 24.1 Å². The van der Waals surface area contributed by atoms with Crippen LogP contribution in [-0.4, -0.2) is 36.5 Å². The van der Waals surface area contributed by atoms with Gasteiger partial charge in [-0.25, -0.2) is 4.98 Å². The molecule has 1 saturated heterocycles. The lowest BCUT2D eigenvalue weighted by molar-refractivity contribution is -0.140. The lowest BCUT2D eigenvalue weighted by atomic mass is 10.1. The predicted molar refractivity (Wildman–Crippen MR) is 95.2 cm³/mol. The number of hydrogen-bond donors (Lipinski definition) is 0. The highest BCUT2D eigenvalue weighted by Gasteiger charge is 2.24. The number of amides is 1. The van der Waals surface area contributed by atoms with Gasteiger partial charge < -0.3 is 9.47 Å². The molecule has 0 unspecified atom stereocenters. The minimum Gasteiger partial charge on any atom is -0.469 e. The number of ether oxygens (including phenoxy) is 2. The van der Waals surface area contributed by atoms with Crippen LogP contribution in [0.25, 0.3) is 0 Å². The second-order valence-electron chi connectivity index (χ2n) is 5.82. The molecule has 136 valence electrons. The van der Waals surface area contributed by atoms with Gasteiger partial charge in [0.15, 0.2) is 5.13 Å². The van der Waals surface area contributed by atoms with Crippen LogP contribution in [0.1, 0.15) is 24.1 Å². The van der Waals surface area contributed by atoms with Gasteiger partial charge in [0, 0.05) is 18.3 Å². The van der Waals surface area contributed by atoms with Gasteiger partial charge >= 0.3 is 11.9 Å². The lowest BCUT2D eigenvalue weighted by Crippen LogP contribution is -2.23. The highest BCUT2D eigenvalue weighted by molar-refractivity contribution is 7.14. The zero-order valence-corrected chi connectivity index (χ0v) is 15.1. The number of carbonyl (C=O) groups excluding carboxylic acids is 3. The highest BCUT2D eigenvalue weighted by Crippen LogP contribution is 2.25. The van der Waals surface area contributed by atoms with E-state index < -0.39 is 5.97 Å². The van der Waals surface area contributed by atoms with Crippen LogP contribution in [0, 0.1) is 0 Å². The van der Waals surface area contributed by atoms with Crippen molar-refractivity contribution in [2.75, 3.05) is 18.6 Å². The number of carbonyl (C=O) groups is 3. The van der Waals surface area contributed by atoms with E-state index in [1.165, 1.54) is 18.4 Å². The van der Waals surface area contributed by atoms with E-state index in [4.69, 9.17) is 4.74 Å². The molecule has 0 spiro atoms. The monoisotopic (exact) mass is 374 g/mol. The zero-order chi connectivity index (χ0) is 18.5. The lowest BCUT2D eigenvalue weighted by Gasteiger charge is -2.10. The van der Waals surface area contributed by atoms with Crippen molar-refractivity contribution < 1.29 is 23.9 Å². The summed E-state index contributed by atoms with van der Waals surface area (Å²) in [4.78, 5) is 41.0. The Morgan fingerprint density at radius 3 is 2.62 bits per heavy atom. The van der Waals surface area contributed by atoms with Crippen LogP contribution in [0.4, 0.5) is 5.13 Å². The highest BCUT2D eigenvalue weighted by atomic mass is 32.1. The summed E-state index contributed by atoms with van der Waals surface area (Å²) in [7, 11) is 1.34. The van der Waals surface area contributed by atoms with Crippen LogP contribution in [0.2, 0.25) is 0 Å². The van der Waals surface area contributed by atoms with E-state index in [1.807, 2.05) is 0 Å². The third-order valence-corrected chi connectivity index (χ3v) is 4.81. The quantitative estimate of drug-likeness (QED) is 0.569. The molecule has 8 heteroatoms. The summed E-state index contributed by atoms with van der Waals surface area (Å²) >= 11 is 1.35. The van der Waals surface area contributed by atoms with Crippen LogP contribution in [0.5, 0.6) is 5.75 Å². The first kappa shape index (κ1) is 18.1. The van der Waals surface area contributed by atoms with Crippen molar-refractivity contribution in [1.82, 2.24) is 4.98 Å². The van der Waals surface area contributed by atoms with Crippen LogP contribution in [-0.2, 0) is 32.0 Å². The van der Waals surface area contributed by atoms with Crippen LogP contribution >= 0.6 is 11.3 Å². The second kappa shape index (κ2) is 8.09. The molecule has 1 aromatic heterocycles. The molecule has 1 fully saturated rings. The van der Waals surface area contributed by atoms with Crippen LogP contribution in [0.15, 0.2) is 29.6 Å². The normalized spacial score (nSPS) is 13.7. The predicted octanol–water partition coefficient (Wildman–Crippen LogP) is 2.13. The van der Waals surface area contributed by atoms with Crippen LogP contribution in [0.3, 0.4) is 0 Å². The van der Waals surface area contributed by atoms with Crippen LogP contribution < -0.4 is 9.64 Å². The summed E-state index contributed by atoms with van der Waals surface area (Å²) < 4.78 is 9.90. The van der Waals surface area contributed by atoms with Crippen molar-refractivity contribution in [3.8, 4) is 5.75 Å². The zero-order valence-electron chi connectivity index (χ0n) is 14.3. The Morgan fingerprint density at radius 1 is 1.19 bits per heavy atom. The second-order valence-corrected chi connectivity index (χ2v) is 6.65.